The predicted octanol–water partition coefficient (Wildman–Crippen LogP) is 4.77. The zero-order chi connectivity index (χ0) is 22.0. The van der Waals surface area contributed by atoms with Crippen molar-refractivity contribution in [3.8, 4) is 5.69 Å². The third-order valence-corrected chi connectivity index (χ3v) is 5.87. The number of amides is 3. The summed E-state index contributed by atoms with van der Waals surface area (Å²) >= 11 is 0.848. The highest BCUT2D eigenvalue weighted by atomic mass is 32.2. The summed E-state index contributed by atoms with van der Waals surface area (Å²) in [7, 11) is 0. The second-order valence-corrected chi connectivity index (χ2v) is 8.24. The minimum absolute atomic E-state index is 0.305. The van der Waals surface area contributed by atoms with Crippen molar-refractivity contribution >= 4 is 40.6 Å². The highest BCUT2D eigenvalue weighted by Gasteiger charge is 2.36. The molecular weight excluding hydrogens is 410 g/mol. The molecule has 0 bridgehead atoms. The van der Waals surface area contributed by atoms with Gasteiger partial charge in [-0.1, -0.05) is 36.4 Å². The fourth-order valence-corrected chi connectivity index (χ4v) is 4.22. The maximum atomic E-state index is 12.8. The van der Waals surface area contributed by atoms with Crippen LogP contribution < -0.4 is 5.32 Å². The van der Waals surface area contributed by atoms with Gasteiger partial charge in [-0.2, -0.15) is 0 Å². The summed E-state index contributed by atoms with van der Waals surface area (Å²) in [5, 5.41) is 2.31. The van der Waals surface area contributed by atoms with E-state index in [1.165, 1.54) is 0 Å². The summed E-state index contributed by atoms with van der Waals surface area (Å²) in [5.74, 6) is -0.871. The van der Waals surface area contributed by atoms with Gasteiger partial charge in [-0.15, -0.1) is 0 Å². The molecule has 3 amide bonds. The summed E-state index contributed by atoms with van der Waals surface area (Å²) in [6, 6.07) is 19.2. The highest BCUT2D eigenvalue weighted by molar-refractivity contribution is 8.18. The summed E-state index contributed by atoms with van der Waals surface area (Å²) in [5.41, 5.74) is 4.40. The lowest BCUT2D eigenvalue weighted by Crippen LogP contribution is -2.36. The summed E-state index contributed by atoms with van der Waals surface area (Å²) in [6.07, 6.45) is 3.61. The van der Waals surface area contributed by atoms with Crippen LogP contribution in [0, 0.1) is 13.8 Å². The molecular formula is C24H21N3O3S. The van der Waals surface area contributed by atoms with Crippen LogP contribution in [0.25, 0.3) is 11.8 Å². The van der Waals surface area contributed by atoms with Crippen LogP contribution in [0.3, 0.4) is 0 Å². The summed E-state index contributed by atoms with van der Waals surface area (Å²) in [6.45, 7) is 3.54. The van der Waals surface area contributed by atoms with E-state index in [4.69, 9.17) is 0 Å². The van der Waals surface area contributed by atoms with Crippen molar-refractivity contribution in [1.29, 1.82) is 0 Å². The first-order chi connectivity index (χ1) is 14.9. The summed E-state index contributed by atoms with van der Waals surface area (Å²) in [4.78, 5) is 38.8. The smallest absolute Gasteiger partial charge is 0.294 e. The number of carbonyl (C=O) groups is 3. The van der Waals surface area contributed by atoms with E-state index in [1.807, 2.05) is 79.2 Å². The number of hydrogen-bond acceptors (Lipinski definition) is 4. The Labute approximate surface area is 184 Å². The quantitative estimate of drug-likeness (QED) is 0.591. The Hall–Kier alpha value is -3.58. The third kappa shape index (κ3) is 4.46. The molecule has 3 aromatic rings. The minimum Gasteiger partial charge on any atom is -0.324 e. The number of imide groups is 1. The number of benzene rings is 2. The van der Waals surface area contributed by atoms with Crippen LogP contribution in [0.2, 0.25) is 0 Å². The largest absolute Gasteiger partial charge is 0.324 e. The van der Waals surface area contributed by atoms with Crippen molar-refractivity contribution < 1.29 is 14.4 Å². The number of thioether (sulfide) groups is 1. The fourth-order valence-electron chi connectivity index (χ4n) is 3.38. The Morgan fingerprint density at radius 3 is 2.48 bits per heavy atom. The van der Waals surface area contributed by atoms with Crippen LogP contribution in [0.15, 0.2) is 71.8 Å². The molecule has 2 heterocycles. The normalized spacial score (nSPS) is 15.0. The van der Waals surface area contributed by atoms with Crippen molar-refractivity contribution in [2.75, 3.05) is 11.9 Å². The van der Waals surface area contributed by atoms with E-state index in [1.54, 1.807) is 12.1 Å². The molecule has 1 aliphatic heterocycles. The van der Waals surface area contributed by atoms with E-state index in [-0.39, 0.29) is 6.54 Å². The van der Waals surface area contributed by atoms with Crippen LogP contribution in [0.1, 0.15) is 16.8 Å². The third-order valence-electron chi connectivity index (χ3n) is 4.96. The van der Waals surface area contributed by atoms with Crippen molar-refractivity contribution in [3.05, 3.63) is 88.6 Å². The van der Waals surface area contributed by atoms with Gasteiger partial charge >= 0.3 is 0 Å². The molecule has 7 heteroatoms. The van der Waals surface area contributed by atoms with Gasteiger partial charge in [0.15, 0.2) is 0 Å². The molecule has 0 radical (unpaired) electrons. The molecule has 6 nitrogen and oxygen atoms in total. The number of carbonyl (C=O) groups excluding carboxylic acids is 3. The molecule has 1 aliphatic rings. The van der Waals surface area contributed by atoms with Crippen molar-refractivity contribution in [2.45, 2.75) is 13.8 Å². The van der Waals surface area contributed by atoms with Gasteiger partial charge in [0.1, 0.15) is 6.54 Å². The van der Waals surface area contributed by atoms with Crippen LogP contribution in [-0.4, -0.2) is 33.1 Å². The first kappa shape index (κ1) is 20.7. The molecule has 0 aliphatic carbocycles. The Balaban J connectivity index is 1.49. The SMILES string of the molecule is Cc1ccccc1NC(=O)CN1C(=O)S/C(=C/c2cc(C)n(-c3ccccc3)c2)C1=O. The van der Waals surface area contributed by atoms with Gasteiger partial charge in [-0.05, 0) is 67.1 Å². The lowest BCUT2D eigenvalue weighted by atomic mass is 10.2. The van der Waals surface area contributed by atoms with Crippen LogP contribution in [0.5, 0.6) is 0 Å². The Morgan fingerprint density at radius 2 is 1.74 bits per heavy atom. The first-order valence-electron chi connectivity index (χ1n) is 9.77. The summed E-state index contributed by atoms with van der Waals surface area (Å²) < 4.78 is 2.02. The molecule has 1 N–H and O–H groups in total. The molecule has 0 saturated carbocycles. The fraction of sp³-hybridized carbons (Fsp3) is 0.125. The second kappa shape index (κ2) is 8.65. The molecule has 4 rings (SSSR count). The average Bonchev–Trinajstić information content (AvgIpc) is 3.24. The van der Waals surface area contributed by atoms with Gasteiger partial charge in [0.05, 0.1) is 4.91 Å². The minimum atomic E-state index is -0.458. The van der Waals surface area contributed by atoms with Gasteiger partial charge in [-0.3, -0.25) is 19.3 Å². The Kier molecular flexibility index (Phi) is 5.77. The molecule has 1 saturated heterocycles. The first-order valence-corrected chi connectivity index (χ1v) is 10.6. The maximum Gasteiger partial charge on any atom is 0.294 e. The van der Waals surface area contributed by atoms with Gasteiger partial charge < -0.3 is 9.88 Å². The van der Waals surface area contributed by atoms with E-state index in [9.17, 15) is 14.4 Å². The number of anilines is 1. The molecule has 0 atom stereocenters. The predicted molar refractivity (Wildman–Crippen MR) is 123 cm³/mol. The molecule has 0 spiro atoms. The molecule has 1 aromatic heterocycles. The molecule has 2 aromatic carbocycles. The second-order valence-electron chi connectivity index (χ2n) is 7.25. The molecule has 156 valence electrons. The zero-order valence-electron chi connectivity index (χ0n) is 17.2. The Morgan fingerprint density at radius 1 is 1.03 bits per heavy atom. The van der Waals surface area contributed by atoms with Gasteiger partial charge in [0.25, 0.3) is 11.1 Å². The molecule has 1 fully saturated rings. The highest BCUT2D eigenvalue weighted by Crippen LogP contribution is 2.32. The van der Waals surface area contributed by atoms with E-state index < -0.39 is 17.1 Å². The number of hydrogen-bond donors (Lipinski definition) is 1. The number of nitrogens with one attached hydrogen (secondary N) is 1. The zero-order valence-corrected chi connectivity index (χ0v) is 18.0. The van der Waals surface area contributed by atoms with E-state index in [2.05, 4.69) is 5.32 Å². The standard InChI is InChI=1S/C24H21N3O3S/c1-16-8-6-7-11-20(16)25-22(28)15-27-23(29)21(31-24(27)30)13-18-12-17(2)26(14-18)19-9-4-3-5-10-19/h3-14H,15H2,1-2H3,(H,25,28)/b21-13+. The van der Waals surface area contributed by atoms with E-state index in [0.29, 0.717) is 10.6 Å². The monoisotopic (exact) mass is 431 g/mol. The van der Waals surface area contributed by atoms with Crippen LogP contribution in [0.4, 0.5) is 10.5 Å². The van der Waals surface area contributed by atoms with Crippen molar-refractivity contribution in [3.63, 3.8) is 0 Å². The number of nitrogens with zero attached hydrogens (tertiary/aromatic N) is 2. The lowest BCUT2D eigenvalue weighted by molar-refractivity contribution is -0.127. The number of aromatic nitrogens is 1. The van der Waals surface area contributed by atoms with Crippen molar-refractivity contribution in [1.82, 2.24) is 9.47 Å². The van der Waals surface area contributed by atoms with Crippen molar-refractivity contribution in [2.24, 2.45) is 0 Å². The molecule has 31 heavy (non-hydrogen) atoms. The topological polar surface area (TPSA) is 71.4 Å². The number of aryl methyl sites for hydroxylation is 2. The van der Waals surface area contributed by atoms with Crippen LogP contribution >= 0.6 is 11.8 Å². The van der Waals surface area contributed by atoms with Crippen LogP contribution in [-0.2, 0) is 9.59 Å². The average molecular weight is 432 g/mol. The molecule has 0 unspecified atom stereocenters. The van der Waals surface area contributed by atoms with Gasteiger partial charge in [0.2, 0.25) is 5.91 Å². The van der Waals surface area contributed by atoms with Gasteiger partial charge in [-0.25, -0.2) is 0 Å². The maximum absolute atomic E-state index is 12.8. The number of para-hydroxylation sites is 2. The van der Waals surface area contributed by atoms with Gasteiger partial charge in [0, 0.05) is 23.3 Å². The lowest BCUT2D eigenvalue weighted by Gasteiger charge is -2.13. The van der Waals surface area contributed by atoms with E-state index >= 15 is 0 Å². The van der Waals surface area contributed by atoms with E-state index in [0.717, 1.165) is 39.2 Å². The Bertz CT molecular complexity index is 1200. The number of rotatable bonds is 5.